The third kappa shape index (κ3) is 4.51. The molecule has 0 aliphatic carbocycles. The van der Waals surface area contributed by atoms with E-state index < -0.39 is 0 Å². The van der Waals surface area contributed by atoms with Crippen molar-refractivity contribution in [2.24, 2.45) is 0 Å². The topological polar surface area (TPSA) is 81.5 Å². The molecule has 2 aliphatic rings. The van der Waals surface area contributed by atoms with Crippen LogP contribution in [0.2, 0.25) is 0 Å². The van der Waals surface area contributed by atoms with Crippen LogP contribution < -0.4 is 5.32 Å². The van der Waals surface area contributed by atoms with Gasteiger partial charge in [-0.2, -0.15) is 5.10 Å². The van der Waals surface area contributed by atoms with Crippen molar-refractivity contribution in [3.8, 4) is 0 Å². The van der Waals surface area contributed by atoms with Crippen molar-refractivity contribution in [2.75, 3.05) is 46.5 Å². The Hall–Kier alpha value is -2.03. The molecule has 0 spiro atoms. The van der Waals surface area contributed by atoms with Crippen molar-refractivity contribution < 1.29 is 14.3 Å². The number of carbonyl (C=O) groups is 1. The molecule has 28 heavy (non-hydrogen) atoms. The predicted octanol–water partition coefficient (Wildman–Crippen LogP) is 1.16. The minimum Gasteiger partial charge on any atom is -0.376 e. The van der Waals surface area contributed by atoms with Crippen LogP contribution in [0, 0.1) is 0 Å². The second-order valence-electron chi connectivity index (χ2n) is 7.73. The molecule has 0 saturated carbocycles. The Kier molecular flexibility index (Phi) is 6.19. The highest BCUT2D eigenvalue weighted by Crippen LogP contribution is 2.30. The largest absolute Gasteiger partial charge is 0.376 e. The van der Waals surface area contributed by atoms with Crippen molar-refractivity contribution >= 4 is 16.9 Å². The van der Waals surface area contributed by atoms with Gasteiger partial charge in [0.15, 0.2) is 5.65 Å². The number of nitrogens with zero attached hydrogens (tertiary/aromatic N) is 4. The number of likely N-dealkylation sites (tertiary alicyclic amines) is 1. The predicted molar refractivity (Wildman–Crippen MR) is 105 cm³/mol. The molecule has 2 saturated heterocycles. The van der Waals surface area contributed by atoms with Gasteiger partial charge in [-0.3, -0.25) is 4.79 Å². The molecule has 8 heteroatoms. The number of nitrogens with one attached hydrogen (secondary N) is 1. The average molecular weight is 387 g/mol. The number of amides is 1. The second kappa shape index (κ2) is 8.98. The molecule has 2 atom stereocenters. The van der Waals surface area contributed by atoms with E-state index in [0.717, 1.165) is 55.7 Å². The molecule has 1 amide bonds. The normalized spacial score (nSPS) is 22.9. The first-order valence-corrected chi connectivity index (χ1v) is 10.2. The fourth-order valence-corrected chi connectivity index (χ4v) is 4.06. The summed E-state index contributed by atoms with van der Waals surface area (Å²) in [6.07, 6.45) is 5.15. The molecule has 2 aromatic rings. The lowest BCUT2D eigenvalue weighted by atomic mass is 10.0. The Labute approximate surface area is 165 Å². The van der Waals surface area contributed by atoms with E-state index in [-0.39, 0.29) is 18.6 Å². The number of ether oxygens (including phenoxy) is 2. The number of rotatable bonds is 8. The lowest BCUT2D eigenvalue weighted by molar-refractivity contribution is -0.126. The second-order valence-corrected chi connectivity index (χ2v) is 7.73. The van der Waals surface area contributed by atoms with Crippen molar-refractivity contribution in [2.45, 2.75) is 37.8 Å². The van der Waals surface area contributed by atoms with Crippen LogP contribution >= 0.6 is 0 Å². The number of hydrogen-bond acceptors (Lipinski definition) is 6. The molecule has 8 nitrogen and oxygen atoms in total. The number of hydrogen-bond donors (Lipinski definition) is 1. The zero-order valence-electron chi connectivity index (χ0n) is 16.5. The minimum atomic E-state index is -0.111. The SMILES string of the molecule is CN1CC[C@@H](c2nn(CCNC(=O)COC[C@@H]3CCCO3)c3ncccc23)C1. The summed E-state index contributed by atoms with van der Waals surface area (Å²) in [6.45, 7) is 4.57. The van der Waals surface area contributed by atoms with Gasteiger partial charge in [-0.1, -0.05) is 0 Å². The minimum absolute atomic E-state index is 0.0671. The number of carbonyl (C=O) groups excluding carboxylic acids is 1. The lowest BCUT2D eigenvalue weighted by Gasteiger charge is -2.10. The van der Waals surface area contributed by atoms with Gasteiger partial charge in [-0.15, -0.1) is 0 Å². The fourth-order valence-electron chi connectivity index (χ4n) is 4.06. The van der Waals surface area contributed by atoms with Gasteiger partial charge >= 0.3 is 0 Å². The maximum Gasteiger partial charge on any atom is 0.246 e. The molecule has 2 fully saturated rings. The highest BCUT2D eigenvalue weighted by molar-refractivity contribution is 5.79. The van der Waals surface area contributed by atoms with Crippen LogP contribution in [0.25, 0.3) is 11.0 Å². The van der Waals surface area contributed by atoms with Crippen LogP contribution in [0.3, 0.4) is 0 Å². The first-order valence-electron chi connectivity index (χ1n) is 10.2. The van der Waals surface area contributed by atoms with E-state index >= 15 is 0 Å². The molecular weight excluding hydrogens is 358 g/mol. The van der Waals surface area contributed by atoms with Gasteiger partial charge in [0.05, 0.1) is 24.9 Å². The number of likely N-dealkylation sites (N-methyl/N-ethyl adjacent to an activating group) is 1. The van der Waals surface area contributed by atoms with E-state index in [1.54, 1.807) is 6.20 Å². The Morgan fingerprint density at radius 1 is 1.43 bits per heavy atom. The molecule has 0 radical (unpaired) electrons. The number of pyridine rings is 1. The highest BCUT2D eigenvalue weighted by Gasteiger charge is 2.26. The standard InChI is InChI=1S/C20H29N5O3/c1-24-9-6-15(12-24)19-17-5-2-7-22-20(17)25(23-19)10-8-21-18(26)14-27-13-16-4-3-11-28-16/h2,5,7,15-16H,3-4,6,8-14H2,1H3,(H,21,26)/t15-,16+/m1/s1. The summed E-state index contributed by atoms with van der Waals surface area (Å²) < 4.78 is 12.9. The molecule has 0 bridgehead atoms. The third-order valence-corrected chi connectivity index (χ3v) is 5.52. The molecular formula is C20H29N5O3. The van der Waals surface area contributed by atoms with Gasteiger partial charge in [-0.25, -0.2) is 9.67 Å². The van der Waals surface area contributed by atoms with E-state index in [9.17, 15) is 4.79 Å². The molecule has 2 aromatic heterocycles. The van der Waals surface area contributed by atoms with Crippen molar-refractivity contribution in [3.63, 3.8) is 0 Å². The van der Waals surface area contributed by atoms with E-state index in [2.05, 4.69) is 28.3 Å². The Morgan fingerprint density at radius 2 is 2.36 bits per heavy atom. The van der Waals surface area contributed by atoms with Crippen LogP contribution in [-0.2, 0) is 20.8 Å². The third-order valence-electron chi connectivity index (χ3n) is 5.52. The van der Waals surface area contributed by atoms with E-state index in [1.165, 1.54) is 0 Å². The summed E-state index contributed by atoms with van der Waals surface area (Å²) in [5.41, 5.74) is 2.01. The average Bonchev–Trinajstić information content (AvgIpc) is 3.43. The molecule has 4 rings (SSSR count). The van der Waals surface area contributed by atoms with Gasteiger partial charge in [0.25, 0.3) is 0 Å². The number of aromatic nitrogens is 3. The molecule has 2 aliphatic heterocycles. The van der Waals surface area contributed by atoms with Crippen LogP contribution in [0.1, 0.15) is 30.9 Å². The lowest BCUT2D eigenvalue weighted by Crippen LogP contribution is -2.31. The quantitative estimate of drug-likeness (QED) is 0.732. The Balaban J connectivity index is 1.30. The van der Waals surface area contributed by atoms with Gasteiger partial charge in [0, 0.05) is 37.2 Å². The maximum absolute atomic E-state index is 12.0. The smallest absolute Gasteiger partial charge is 0.246 e. The monoisotopic (exact) mass is 387 g/mol. The van der Waals surface area contributed by atoms with Crippen molar-refractivity contribution in [3.05, 3.63) is 24.0 Å². The zero-order valence-corrected chi connectivity index (χ0v) is 16.5. The zero-order chi connectivity index (χ0) is 19.3. The highest BCUT2D eigenvalue weighted by atomic mass is 16.5. The molecule has 152 valence electrons. The van der Waals surface area contributed by atoms with E-state index in [1.807, 2.05) is 10.7 Å². The van der Waals surface area contributed by atoms with Crippen molar-refractivity contribution in [1.29, 1.82) is 0 Å². The first-order chi connectivity index (χ1) is 13.7. The van der Waals surface area contributed by atoms with Crippen LogP contribution in [0.4, 0.5) is 0 Å². The number of fused-ring (bicyclic) bond motifs is 1. The molecule has 0 aromatic carbocycles. The Morgan fingerprint density at radius 3 is 3.14 bits per heavy atom. The van der Waals surface area contributed by atoms with Crippen LogP contribution in [0.5, 0.6) is 0 Å². The first kappa shape index (κ1) is 19.3. The van der Waals surface area contributed by atoms with Gasteiger partial charge < -0.3 is 19.7 Å². The molecule has 0 unspecified atom stereocenters. The van der Waals surface area contributed by atoms with Crippen molar-refractivity contribution in [1.82, 2.24) is 25.0 Å². The Bertz CT molecular complexity index is 802. The molecule has 4 heterocycles. The maximum atomic E-state index is 12.0. The van der Waals surface area contributed by atoms with Gasteiger partial charge in [-0.05, 0) is 45.0 Å². The summed E-state index contributed by atoms with van der Waals surface area (Å²) in [4.78, 5) is 18.8. The molecule has 1 N–H and O–H groups in total. The van der Waals surface area contributed by atoms with Gasteiger partial charge in [0.1, 0.15) is 6.61 Å². The summed E-state index contributed by atoms with van der Waals surface area (Å²) in [6, 6.07) is 4.06. The van der Waals surface area contributed by atoms with Crippen LogP contribution in [0.15, 0.2) is 18.3 Å². The summed E-state index contributed by atoms with van der Waals surface area (Å²) in [7, 11) is 2.15. The van der Waals surface area contributed by atoms with Gasteiger partial charge in [0.2, 0.25) is 5.91 Å². The van der Waals surface area contributed by atoms with Crippen LogP contribution in [-0.4, -0.2) is 78.2 Å². The van der Waals surface area contributed by atoms with E-state index in [0.29, 0.717) is 25.6 Å². The summed E-state index contributed by atoms with van der Waals surface area (Å²) in [5, 5.41) is 8.87. The summed E-state index contributed by atoms with van der Waals surface area (Å²) in [5.74, 6) is 0.332. The fraction of sp³-hybridized carbons (Fsp3) is 0.650. The summed E-state index contributed by atoms with van der Waals surface area (Å²) >= 11 is 0. The van der Waals surface area contributed by atoms with E-state index in [4.69, 9.17) is 14.6 Å².